The van der Waals surface area contributed by atoms with Gasteiger partial charge in [0.1, 0.15) is 0 Å². The van der Waals surface area contributed by atoms with Crippen molar-refractivity contribution in [3.8, 4) is 0 Å². The molecule has 3 aliphatic carbocycles. The summed E-state index contributed by atoms with van der Waals surface area (Å²) in [5.41, 5.74) is 3.05. The van der Waals surface area contributed by atoms with Crippen LogP contribution in [0.3, 0.4) is 0 Å². The number of hydrogen-bond donors (Lipinski definition) is 4. The van der Waals surface area contributed by atoms with Crippen molar-refractivity contribution in [3.05, 3.63) is 35.5 Å². The van der Waals surface area contributed by atoms with Gasteiger partial charge in [0, 0.05) is 12.5 Å². The summed E-state index contributed by atoms with van der Waals surface area (Å²) in [5.74, 6) is 1.84. The van der Waals surface area contributed by atoms with Crippen LogP contribution in [0.1, 0.15) is 105 Å². The molecule has 0 aliphatic heterocycles. The highest BCUT2D eigenvalue weighted by Crippen LogP contribution is 2.60. The largest absolute Gasteiger partial charge is 0.396 e. The third-order valence-electron chi connectivity index (χ3n) is 9.72. The van der Waals surface area contributed by atoms with Gasteiger partial charge in [-0.2, -0.15) is 0 Å². The lowest BCUT2D eigenvalue weighted by Gasteiger charge is -2.44. The molecule has 0 amide bonds. The van der Waals surface area contributed by atoms with Gasteiger partial charge in [-0.05, 0) is 106 Å². The Balaban J connectivity index is 1.67. The second-order valence-corrected chi connectivity index (χ2v) is 12.8. The molecule has 0 heterocycles. The van der Waals surface area contributed by atoms with Crippen LogP contribution in [-0.2, 0) is 0 Å². The first kappa shape index (κ1) is 28.6. The van der Waals surface area contributed by atoms with E-state index in [9.17, 15) is 15.3 Å². The fraction of sp³-hybridized carbons (Fsp3) is 0.806. The van der Waals surface area contributed by atoms with E-state index in [0.717, 1.165) is 42.7 Å². The summed E-state index contributed by atoms with van der Waals surface area (Å²) in [6, 6.07) is 0. The van der Waals surface area contributed by atoms with Crippen molar-refractivity contribution >= 4 is 0 Å². The zero-order valence-electron chi connectivity index (χ0n) is 22.8. The number of allylic oxidation sites excluding steroid dienone is 3. The van der Waals surface area contributed by atoms with Crippen molar-refractivity contribution < 1.29 is 20.4 Å². The van der Waals surface area contributed by atoms with Gasteiger partial charge in [-0.15, -0.1) is 0 Å². The summed E-state index contributed by atoms with van der Waals surface area (Å²) in [4.78, 5) is 0. The fourth-order valence-corrected chi connectivity index (χ4v) is 7.66. The van der Waals surface area contributed by atoms with E-state index < -0.39 is 17.8 Å². The Morgan fingerprint density at radius 1 is 1.14 bits per heavy atom. The van der Waals surface area contributed by atoms with Gasteiger partial charge >= 0.3 is 0 Å². The molecule has 4 N–H and O–H groups in total. The van der Waals surface area contributed by atoms with E-state index in [4.69, 9.17) is 5.11 Å². The highest BCUT2D eigenvalue weighted by molar-refractivity contribution is 5.39. The number of unbranched alkanes of at least 4 members (excludes halogenated alkanes) is 1. The van der Waals surface area contributed by atoms with Crippen LogP contribution in [0.2, 0.25) is 0 Å². The van der Waals surface area contributed by atoms with Crippen LogP contribution < -0.4 is 0 Å². The average Bonchev–Trinajstić information content (AvgIpc) is 3.14. The molecule has 0 aromatic rings. The third-order valence-corrected chi connectivity index (χ3v) is 9.72. The molecule has 3 saturated carbocycles. The summed E-state index contributed by atoms with van der Waals surface area (Å²) in [6.07, 6.45) is 15.3. The topological polar surface area (TPSA) is 80.9 Å². The normalized spacial score (nSPS) is 37.1. The minimum atomic E-state index is -0.709. The number of hydrogen-bond acceptors (Lipinski definition) is 4. The van der Waals surface area contributed by atoms with Gasteiger partial charge in [0.05, 0.1) is 17.8 Å². The zero-order valence-corrected chi connectivity index (χ0v) is 22.8. The maximum atomic E-state index is 10.8. The van der Waals surface area contributed by atoms with Gasteiger partial charge in [0.25, 0.3) is 0 Å². The lowest BCUT2D eigenvalue weighted by molar-refractivity contribution is 0.0124. The highest BCUT2D eigenvalue weighted by atomic mass is 16.3. The van der Waals surface area contributed by atoms with Gasteiger partial charge in [0.15, 0.2) is 0 Å². The minimum Gasteiger partial charge on any atom is -0.396 e. The van der Waals surface area contributed by atoms with Crippen LogP contribution in [-0.4, -0.2) is 44.8 Å². The number of aliphatic hydroxyl groups is 4. The maximum Gasteiger partial charge on any atom is 0.0839 e. The molecule has 7 atom stereocenters. The molecule has 0 saturated heterocycles. The van der Waals surface area contributed by atoms with E-state index in [2.05, 4.69) is 32.6 Å². The summed E-state index contributed by atoms with van der Waals surface area (Å²) >= 11 is 0. The molecule has 3 fully saturated rings. The van der Waals surface area contributed by atoms with Gasteiger partial charge in [-0.3, -0.25) is 0 Å². The summed E-state index contributed by atoms with van der Waals surface area (Å²) < 4.78 is 0. The molecule has 4 nitrogen and oxygen atoms in total. The summed E-state index contributed by atoms with van der Waals surface area (Å²) in [6.45, 7) is 13.1. The second-order valence-electron chi connectivity index (χ2n) is 12.8. The average molecular weight is 489 g/mol. The number of rotatable bonds is 10. The molecule has 0 unspecified atom stereocenters. The molecule has 0 spiro atoms. The molecule has 0 bridgehead atoms. The molecular weight excluding hydrogens is 436 g/mol. The van der Waals surface area contributed by atoms with E-state index >= 15 is 0 Å². The Kier molecular flexibility index (Phi) is 9.87. The quantitative estimate of drug-likeness (QED) is 0.280. The van der Waals surface area contributed by atoms with Crippen LogP contribution in [0, 0.1) is 29.1 Å². The Bertz CT molecular complexity index is 775. The van der Waals surface area contributed by atoms with Crippen LogP contribution in [0.5, 0.6) is 0 Å². The van der Waals surface area contributed by atoms with E-state index in [1.54, 1.807) is 5.57 Å². The van der Waals surface area contributed by atoms with Crippen LogP contribution in [0.4, 0.5) is 0 Å². The highest BCUT2D eigenvalue weighted by Gasteiger charge is 2.50. The molecular formula is C31H52O4. The number of fused-ring (bicyclic) bond motifs is 1. The van der Waals surface area contributed by atoms with Gasteiger partial charge < -0.3 is 20.4 Å². The molecule has 4 heteroatoms. The predicted molar refractivity (Wildman–Crippen MR) is 144 cm³/mol. The van der Waals surface area contributed by atoms with E-state index in [0.29, 0.717) is 36.5 Å². The van der Waals surface area contributed by atoms with Gasteiger partial charge in [-0.1, -0.05) is 57.4 Å². The lowest BCUT2D eigenvalue weighted by atomic mass is 9.60. The monoisotopic (exact) mass is 488 g/mol. The molecule has 0 aromatic carbocycles. The summed E-state index contributed by atoms with van der Waals surface area (Å²) in [7, 11) is 0. The maximum absolute atomic E-state index is 10.8. The SMILES string of the molecule is C=C1/C(=C/C=C2/CCC[C@]3(C)[C@@H]([C@H](C)CCCC(C)(C)O)CC[C@@H]23)C[C@H](O)[C@@H](CCCCO)[C@H]1O. The number of aliphatic hydroxyl groups excluding tert-OH is 3. The van der Waals surface area contributed by atoms with Crippen LogP contribution in [0.15, 0.2) is 35.5 Å². The Labute approximate surface area is 214 Å². The molecule has 0 aromatic heterocycles. The van der Waals surface area contributed by atoms with Crippen molar-refractivity contribution in [1.82, 2.24) is 0 Å². The van der Waals surface area contributed by atoms with Gasteiger partial charge in [-0.25, -0.2) is 0 Å². The Morgan fingerprint density at radius 2 is 1.89 bits per heavy atom. The van der Waals surface area contributed by atoms with Gasteiger partial charge in [0.2, 0.25) is 0 Å². The standard InChI is InChI=1S/C31H52O4/c1-21(10-8-17-30(3,4)35)26-15-16-27-23(11-9-18-31(26,27)5)13-14-24-20-28(33)25(12-6-7-19-32)29(34)22(24)2/h13-14,21,25-29,32-35H,2,6-12,15-20H2,1,3-5H3/b23-13-,24-14+/t21-,25-,26-,27+,28+,29+,31-/m1/s1. The smallest absolute Gasteiger partial charge is 0.0839 e. The van der Waals surface area contributed by atoms with Crippen molar-refractivity contribution in [2.24, 2.45) is 29.1 Å². The molecule has 35 heavy (non-hydrogen) atoms. The van der Waals surface area contributed by atoms with Crippen LogP contribution in [0.25, 0.3) is 0 Å². The molecule has 200 valence electrons. The van der Waals surface area contributed by atoms with E-state index in [1.807, 2.05) is 13.8 Å². The second kappa shape index (κ2) is 12.1. The van der Waals surface area contributed by atoms with E-state index in [-0.39, 0.29) is 12.5 Å². The van der Waals surface area contributed by atoms with Crippen molar-refractivity contribution in [2.45, 2.75) is 123 Å². The molecule has 0 radical (unpaired) electrons. The fourth-order valence-electron chi connectivity index (χ4n) is 7.66. The van der Waals surface area contributed by atoms with Crippen LogP contribution >= 0.6 is 0 Å². The minimum absolute atomic E-state index is 0.152. The Hall–Kier alpha value is -0.940. The van der Waals surface area contributed by atoms with Crippen molar-refractivity contribution in [3.63, 3.8) is 0 Å². The molecule has 3 aliphatic rings. The zero-order chi connectivity index (χ0) is 25.8. The van der Waals surface area contributed by atoms with E-state index in [1.165, 1.54) is 32.1 Å². The third kappa shape index (κ3) is 6.89. The lowest BCUT2D eigenvalue weighted by Crippen LogP contribution is -2.38. The predicted octanol–water partition coefficient (Wildman–Crippen LogP) is 6.09. The first-order valence-corrected chi connectivity index (χ1v) is 14.3. The van der Waals surface area contributed by atoms with Crippen molar-refractivity contribution in [2.75, 3.05) is 6.61 Å². The Morgan fingerprint density at radius 3 is 2.57 bits per heavy atom. The van der Waals surface area contributed by atoms with Crippen molar-refractivity contribution in [1.29, 1.82) is 0 Å². The first-order chi connectivity index (χ1) is 16.5. The summed E-state index contributed by atoms with van der Waals surface area (Å²) in [5, 5.41) is 40.7. The molecule has 3 rings (SSSR count). The first-order valence-electron chi connectivity index (χ1n) is 14.3.